The second-order valence-electron chi connectivity index (χ2n) is 3.50. The summed E-state index contributed by atoms with van der Waals surface area (Å²) >= 11 is 1.50. The number of aliphatic carboxylic acids is 1. The van der Waals surface area contributed by atoms with E-state index in [0.29, 0.717) is 0 Å². The topological polar surface area (TPSA) is 62.2 Å². The van der Waals surface area contributed by atoms with E-state index in [4.69, 9.17) is 5.11 Å². The van der Waals surface area contributed by atoms with Crippen LogP contribution < -0.4 is 5.32 Å². The van der Waals surface area contributed by atoms with Gasteiger partial charge >= 0.3 is 5.97 Å². The van der Waals surface area contributed by atoms with Gasteiger partial charge in [-0.05, 0) is 24.1 Å². The van der Waals surface area contributed by atoms with Crippen molar-refractivity contribution in [3.05, 3.63) is 41.2 Å². The van der Waals surface area contributed by atoms with E-state index >= 15 is 0 Å². The summed E-state index contributed by atoms with van der Waals surface area (Å²) in [6.45, 7) is 2.03. The predicted molar refractivity (Wildman–Crippen MR) is 62.7 cm³/mol. The maximum Gasteiger partial charge on any atom is 0.352 e. The van der Waals surface area contributed by atoms with Crippen molar-refractivity contribution in [1.82, 2.24) is 10.3 Å². The molecule has 1 atom stereocenters. The highest BCUT2D eigenvalue weighted by Crippen LogP contribution is 2.42. The van der Waals surface area contributed by atoms with Crippen LogP contribution in [0.25, 0.3) is 0 Å². The summed E-state index contributed by atoms with van der Waals surface area (Å²) in [4.78, 5) is 14.5. The molecule has 0 saturated carbocycles. The van der Waals surface area contributed by atoms with E-state index in [1.54, 1.807) is 17.8 Å². The summed E-state index contributed by atoms with van der Waals surface area (Å²) in [6.07, 6.45) is 4.23. The van der Waals surface area contributed by atoms with Crippen molar-refractivity contribution < 1.29 is 9.90 Å². The molecule has 0 spiro atoms. The molecule has 1 aliphatic rings. The van der Waals surface area contributed by atoms with E-state index in [9.17, 15) is 4.79 Å². The Bertz CT molecular complexity index is 433. The number of nitrogens with zero attached hydrogens (tertiary/aromatic N) is 1. The number of hydrogen-bond donors (Lipinski definition) is 2. The maximum atomic E-state index is 10.9. The van der Waals surface area contributed by atoms with Crippen LogP contribution in [0.2, 0.25) is 0 Å². The Morgan fingerprint density at radius 3 is 2.75 bits per heavy atom. The zero-order chi connectivity index (χ0) is 11.6. The van der Waals surface area contributed by atoms with Gasteiger partial charge in [-0.25, -0.2) is 4.79 Å². The van der Waals surface area contributed by atoms with Crippen molar-refractivity contribution in [2.24, 2.45) is 0 Å². The van der Waals surface area contributed by atoms with Gasteiger partial charge in [0.05, 0.1) is 0 Å². The average molecular weight is 236 g/mol. The Morgan fingerprint density at radius 1 is 1.56 bits per heavy atom. The third kappa shape index (κ3) is 1.78. The van der Waals surface area contributed by atoms with Gasteiger partial charge in [0.25, 0.3) is 0 Å². The van der Waals surface area contributed by atoms with Crippen LogP contribution in [0.3, 0.4) is 0 Å². The van der Waals surface area contributed by atoms with Crippen LogP contribution in [0, 0.1) is 0 Å². The first-order valence-electron chi connectivity index (χ1n) is 4.98. The number of hydrogen-bond acceptors (Lipinski definition) is 4. The zero-order valence-corrected chi connectivity index (χ0v) is 9.62. The van der Waals surface area contributed by atoms with Gasteiger partial charge < -0.3 is 10.4 Å². The second-order valence-corrected chi connectivity index (χ2v) is 4.66. The molecule has 1 aromatic heterocycles. The SMILES string of the molecule is CCC1(c2ccncc2)NC(C(=O)O)=CS1. The van der Waals surface area contributed by atoms with Crippen LogP contribution >= 0.6 is 11.8 Å². The molecular formula is C11H12N2O2S. The molecule has 0 saturated heterocycles. The van der Waals surface area contributed by atoms with Crippen molar-refractivity contribution in [2.45, 2.75) is 18.2 Å². The lowest BCUT2D eigenvalue weighted by Gasteiger charge is -2.28. The minimum absolute atomic E-state index is 0.253. The summed E-state index contributed by atoms with van der Waals surface area (Å²) in [5.74, 6) is -0.920. The fraction of sp³-hybridized carbons (Fsp3) is 0.273. The van der Waals surface area contributed by atoms with Gasteiger partial charge in [0.15, 0.2) is 0 Å². The van der Waals surface area contributed by atoms with E-state index in [2.05, 4.69) is 10.3 Å². The number of carboxylic acids is 1. The van der Waals surface area contributed by atoms with Gasteiger partial charge in [-0.15, -0.1) is 0 Å². The first-order chi connectivity index (χ1) is 7.68. The lowest BCUT2D eigenvalue weighted by atomic mass is 10.1. The van der Waals surface area contributed by atoms with Crippen LogP contribution in [0.15, 0.2) is 35.6 Å². The largest absolute Gasteiger partial charge is 0.477 e. The Morgan fingerprint density at radius 2 is 2.25 bits per heavy atom. The van der Waals surface area contributed by atoms with Crippen molar-refractivity contribution in [2.75, 3.05) is 0 Å². The Labute approximate surface area is 97.8 Å². The average Bonchev–Trinajstić information content (AvgIpc) is 2.76. The number of carboxylic acid groups (broad SMARTS) is 1. The monoisotopic (exact) mass is 236 g/mol. The lowest BCUT2D eigenvalue weighted by Crippen LogP contribution is -2.36. The van der Waals surface area contributed by atoms with E-state index in [0.717, 1.165) is 12.0 Å². The summed E-state index contributed by atoms with van der Waals surface area (Å²) in [5.41, 5.74) is 1.30. The number of pyridine rings is 1. The van der Waals surface area contributed by atoms with Crippen LogP contribution in [0.4, 0.5) is 0 Å². The van der Waals surface area contributed by atoms with E-state index in [-0.39, 0.29) is 10.6 Å². The smallest absolute Gasteiger partial charge is 0.352 e. The molecule has 0 aliphatic carbocycles. The Balaban J connectivity index is 2.29. The van der Waals surface area contributed by atoms with Gasteiger partial charge in [-0.3, -0.25) is 4.98 Å². The molecule has 0 amide bonds. The highest BCUT2D eigenvalue weighted by atomic mass is 32.2. The van der Waals surface area contributed by atoms with E-state index in [1.807, 2.05) is 19.1 Å². The normalized spacial score (nSPS) is 23.7. The molecule has 1 unspecified atom stereocenters. The fourth-order valence-corrected chi connectivity index (χ4v) is 2.76. The number of aromatic nitrogens is 1. The number of nitrogens with one attached hydrogen (secondary N) is 1. The summed E-state index contributed by atoms with van der Waals surface area (Å²) in [6, 6.07) is 3.81. The van der Waals surface area contributed by atoms with E-state index in [1.165, 1.54) is 11.8 Å². The van der Waals surface area contributed by atoms with Crippen LogP contribution in [0.1, 0.15) is 18.9 Å². The molecule has 1 aromatic rings. The zero-order valence-electron chi connectivity index (χ0n) is 8.80. The minimum Gasteiger partial charge on any atom is -0.477 e. The first kappa shape index (κ1) is 11.0. The third-order valence-electron chi connectivity index (χ3n) is 2.59. The van der Waals surface area contributed by atoms with Crippen molar-refractivity contribution in [3.8, 4) is 0 Å². The molecule has 1 aliphatic heterocycles. The van der Waals surface area contributed by atoms with Gasteiger partial charge in [-0.1, -0.05) is 18.7 Å². The lowest BCUT2D eigenvalue weighted by molar-refractivity contribution is -0.133. The van der Waals surface area contributed by atoms with Crippen molar-refractivity contribution in [3.63, 3.8) is 0 Å². The predicted octanol–water partition coefficient (Wildman–Crippen LogP) is 1.91. The van der Waals surface area contributed by atoms with Crippen LogP contribution in [-0.2, 0) is 9.67 Å². The van der Waals surface area contributed by atoms with Gasteiger partial charge in [-0.2, -0.15) is 0 Å². The van der Waals surface area contributed by atoms with Crippen molar-refractivity contribution in [1.29, 1.82) is 0 Å². The maximum absolute atomic E-state index is 10.9. The summed E-state index contributed by atoms with van der Waals surface area (Å²) in [7, 11) is 0. The number of thioether (sulfide) groups is 1. The quantitative estimate of drug-likeness (QED) is 0.839. The molecule has 2 heterocycles. The Kier molecular flexibility index (Phi) is 2.87. The fourth-order valence-electron chi connectivity index (χ4n) is 1.68. The molecule has 2 rings (SSSR count). The summed E-state index contributed by atoms with van der Waals surface area (Å²) < 4.78 is 0. The standard InChI is InChI=1S/C11H12N2O2S/c1-2-11(8-3-5-12-6-4-8)13-9(7-16-11)10(14)15/h3-7,13H,2H2,1H3,(H,14,15). The first-order valence-corrected chi connectivity index (χ1v) is 5.86. The van der Waals surface area contributed by atoms with Gasteiger partial charge in [0.2, 0.25) is 0 Å². The molecule has 84 valence electrons. The number of rotatable bonds is 3. The molecule has 2 N–H and O–H groups in total. The van der Waals surface area contributed by atoms with E-state index < -0.39 is 5.97 Å². The molecule has 0 fully saturated rings. The molecular weight excluding hydrogens is 224 g/mol. The highest BCUT2D eigenvalue weighted by molar-refractivity contribution is 8.03. The molecule has 0 bridgehead atoms. The van der Waals surface area contributed by atoms with Crippen LogP contribution in [0.5, 0.6) is 0 Å². The van der Waals surface area contributed by atoms with Crippen molar-refractivity contribution >= 4 is 17.7 Å². The third-order valence-corrected chi connectivity index (χ3v) is 3.97. The number of carbonyl (C=O) groups is 1. The van der Waals surface area contributed by atoms with Gasteiger partial charge in [0, 0.05) is 17.8 Å². The Hall–Kier alpha value is -1.49. The molecule has 0 radical (unpaired) electrons. The second kappa shape index (κ2) is 4.17. The van der Waals surface area contributed by atoms with Gasteiger partial charge in [0.1, 0.15) is 10.6 Å². The minimum atomic E-state index is -0.920. The summed E-state index contributed by atoms with van der Waals surface area (Å²) in [5, 5.41) is 13.7. The molecule has 4 nitrogen and oxygen atoms in total. The molecule has 0 aromatic carbocycles. The molecule has 5 heteroatoms. The highest BCUT2D eigenvalue weighted by Gasteiger charge is 2.36. The molecule has 16 heavy (non-hydrogen) atoms. The van der Waals surface area contributed by atoms with Crippen LogP contribution in [-0.4, -0.2) is 16.1 Å².